The minimum Gasteiger partial charge on any atom is -0.383 e. The fourth-order valence-electron chi connectivity index (χ4n) is 1.84. The van der Waals surface area contributed by atoms with E-state index in [1.54, 1.807) is 7.11 Å². The summed E-state index contributed by atoms with van der Waals surface area (Å²) in [6, 6.07) is 0.449. The lowest BCUT2D eigenvalue weighted by Crippen LogP contribution is -2.34. The number of hydrogen-bond donors (Lipinski definition) is 1. The van der Waals surface area contributed by atoms with Crippen molar-refractivity contribution in [3.05, 3.63) is 18.0 Å². The van der Waals surface area contributed by atoms with Gasteiger partial charge in [0.1, 0.15) is 0 Å². The van der Waals surface area contributed by atoms with E-state index in [1.165, 1.54) is 5.56 Å². The van der Waals surface area contributed by atoms with Crippen molar-refractivity contribution in [1.82, 2.24) is 15.1 Å². The maximum Gasteiger partial charge on any atom is 0.0615 e. The summed E-state index contributed by atoms with van der Waals surface area (Å²) in [6.45, 7) is 7.06. The molecule has 0 amide bonds. The summed E-state index contributed by atoms with van der Waals surface area (Å²) in [5, 5.41) is 7.79. The topological polar surface area (TPSA) is 39.1 Å². The molecule has 0 saturated carbocycles. The molecule has 1 rings (SSSR count). The molecule has 0 aliphatic rings. The summed E-state index contributed by atoms with van der Waals surface area (Å²) in [6.07, 6.45) is 7.42. The van der Waals surface area contributed by atoms with E-state index in [4.69, 9.17) is 4.74 Å². The first kappa shape index (κ1) is 14.2. The van der Waals surface area contributed by atoms with Gasteiger partial charge >= 0.3 is 0 Å². The number of ether oxygens (including phenoxy) is 1. The van der Waals surface area contributed by atoms with Crippen molar-refractivity contribution in [1.29, 1.82) is 0 Å². The zero-order valence-corrected chi connectivity index (χ0v) is 11.3. The first-order valence-electron chi connectivity index (χ1n) is 6.53. The molecule has 1 aromatic heterocycles. The predicted molar refractivity (Wildman–Crippen MR) is 70.2 cm³/mol. The summed E-state index contributed by atoms with van der Waals surface area (Å²) in [4.78, 5) is 0. The maximum atomic E-state index is 5.23. The predicted octanol–water partition coefficient (Wildman–Crippen LogP) is 1.85. The molecule has 1 heterocycles. The van der Waals surface area contributed by atoms with Crippen LogP contribution in [0.2, 0.25) is 0 Å². The van der Waals surface area contributed by atoms with Crippen molar-refractivity contribution >= 4 is 0 Å². The Kier molecular flexibility index (Phi) is 6.89. The Hall–Kier alpha value is -0.870. The molecule has 0 bridgehead atoms. The molecule has 17 heavy (non-hydrogen) atoms. The molecule has 0 spiro atoms. The van der Waals surface area contributed by atoms with Gasteiger partial charge < -0.3 is 10.1 Å². The quantitative estimate of drug-likeness (QED) is 0.715. The average molecular weight is 239 g/mol. The SMILES string of the molecule is CCCNC(CCc1cnn(CC)c1)COC. The molecule has 1 unspecified atom stereocenters. The van der Waals surface area contributed by atoms with Crippen molar-refractivity contribution in [2.45, 2.75) is 45.7 Å². The van der Waals surface area contributed by atoms with Gasteiger partial charge in [-0.25, -0.2) is 0 Å². The Morgan fingerprint density at radius 1 is 1.47 bits per heavy atom. The normalized spacial score (nSPS) is 12.9. The molecule has 0 saturated heterocycles. The third-order valence-electron chi connectivity index (χ3n) is 2.84. The van der Waals surface area contributed by atoms with Gasteiger partial charge in [-0.2, -0.15) is 5.10 Å². The van der Waals surface area contributed by atoms with E-state index in [2.05, 4.69) is 30.5 Å². The number of aryl methyl sites for hydroxylation is 2. The van der Waals surface area contributed by atoms with Crippen LogP contribution >= 0.6 is 0 Å². The number of methoxy groups -OCH3 is 1. The van der Waals surface area contributed by atoms with E-state index in [1.807, 2.05) is 10.9 Å². The van der Waals surface area contributed by atoms with Crippen LogP contribution in [-0.2, 0) is 17.7 Å². The first-order valence-corrected chi connectivity index (χ1v) is 6.53. The summed E-state index contributed by atoms with van der Waals surface area (Å²) in [5.41, 5.74) is 1.31. The van der Waals surface area contributed by atoms with Crippen molar-refractivity contribution in [2.24, 2.45) is 0 Å². The Bertz CT molecular complexity index is 299. The monoisotopic (exact) mass is 239 g/mol. The lowest BCUT2D eigenvalue weighted by Gasteiger charge is -2.16. The maximum absolute atomic E-state index is 5.23. The van der Waals surface area contributed by atoms with Gasteiger partial charge in [-0.15, -0.1) is 0 Å². The fourth-order valence-corrected chi connectivity index (χ4v) is 1.84. The lowest BCUT2D eigenvalue weighted by molar-refractivity contribution is 0.162. The Morgan fingerprint density at radius 3 is 2.88 bits per heavy atom. The Balaban J connectivity index is 2.34. The molecule has 1 atom stereocenters. The van der Waals surface area contributed by atoms with Crippen LogP contribution in [0.3, 0.4) is 0 Å². The molecular weight excluding hydrogens is 214 g/mol. The lowest BCUT2D eigenvalue weighted by atomic mass is 10.1. The van der Waals surface area contributed by atoms with Gasteiger partial charge in [0.15, 0.2) is 0 Å². The third-order valence-corrected chi connectivity index (χ3v) is 2.84. The number of aromatic nitrogens is 2. The van der Waals surface area contributed by atoms with Gasteiger partial charge in [0.25, 0.3) is 0 Å². The van der Waals surface area contributed by atoms with Crippen LogP contribution in [0.1, 0.15) is 32.3 Å². The molecule has 1 N–H and O–H groups in total. The largest absolute Gasteiger partial charge is 0.383 e. The van der Waals surface area contributed by atoms with Crippen LogP contribution < -0.4 is 5.32 Å². The minimum absolute atomic E-state index is 0.449. The van der Waals surface area contributed by atoms with E-state index >= 15 is 0 Å². The number of nitrogens with zero attached hydrogens (tertiary/aromatic N) is 2. The average Bonchev–Trinajstić information content (AvgIpc) is 2.80. The third kappa shape index (κ3) is 5.33. The second-order valence-electron chi connectivity index (χ2n) is 4.35. The zero-order valence-electron chi connectivity index (χ0n) is 11.3. The van der Waals surface area contributed by atoms with Crippen LogP contribution in [0.15, 0.2) is 12.4 Å². The second-order valence-corrected chi connectivity index (χ2v) is 4.35. The molecule has 4 nitrogen and oxygen atoms in total. The van der Waals surface area contributed by atoms with Crippen molar-refractivity contribution < 1.29 is 4.74 Å². The highest BCUT2D eigenvalue weighted by atomic mass is 16.5. The van der Waals surface area contributed by atoms with Gasteiger partial charge in [0.2, 0.25) is 0 Å². The van der Waals surface area contributed by atoms with Crippen molar-refractivity contribution in [3.8, 4) is 0 Å². The Labute approximate surface area is 104 Å². The number of rotatable bonds is 9. The summed E-state index contributed by atoms with van der Waals surface area (Å²) >= 11 is 0. The standard InChI is InChI=1S/C13H25N3O/c1-4-8-14-13(11-17-3)7-6-12-9-15-16(5-2)10-12/h9-10,13-14H,4-8,11H2,1-3H3. The first-order chi connectivity index (χ1) is 8.30. The molecule has 4 heteroatoms. The molecule has 0 aliphatic carbocycles. The summed E-state index contributed by atoms with van der Waals surface area (Å²) in [7, 11) is 1.76. The van der Waals surface area contributed by atoms with Crippen LogP contribution in [0.5, 0.6) is 0 Å². The smallest absolute Gasteiger partial charge is 0.0615 e. The molecule has 0 fully saturated rings. The summed E-state index contributed by atoms with van der Waals surface area (Å²) in [5.74, 6) is 0. The van der Waals surface area contributed by atoms with Gasteiger partial charge in [-0.3, -0.25) is 4.68 Å². The van der Waals surface area contributed by atoms with Gasteiger partial charge in [0.05, 0.1) is 12.8 Å². The molecule has 0 aliphatic heterocycles. The van der Waals surface area contributed by atoms with E-state index in [0.29, 0.717) is 6.04 Å². The van der Waals surface area contributed by atoms with Gasteiger partial charge in [-0.1, -0.05) is 6.92 Å². The van der Waals surface area contributed by atoms with E-state index in [0.717, 1.165) is 39.0 Å². The molecular formula is C13H25N3O. The van der Waals surface area contributed by atoms with Crippen LogP contribution in [0.25, 0.3) is 0 Å². The highest BCUT2D eigenvalue weighted by Gasteiger charge is 2.08. The number of hydrogen-bond acceptors (Lipinski definition) is 3. The van der Waals surface area contributed by atoms with Gasteiger partial charge in [-0.05, 0) is 38.3 Å². The second kappa shape index (κ2) is 8.25. The van der Waals surface area contributed by atoms with E-state index < -0.39 is 0 Å². The van der Waals surface area contributed by atoms with Crippen LogP contribution in [0.4, 0.5) is 0 Å². The van der Waals surface area contributed by atoms with Crippen molar-refractivity contribution in [2.75, 3.05) is 20.3 Å². The molecule has 1 aromatic rings. The van der Waals surface area contributed by atoms with Crippen LogP contribution in [-0.4, -0.2) is 36.1 Å². The van der Waals surface area contributed by atoms with E-state index in [-0.39, 0.29) is 0 Å². The summed E-state index contributed by atoms with van der Waals surface area (Å²) < 4.78 is 7.20. The zero-order chi connectivity index (χ0) is 12.5. The highest BCUT2D eigenvalue weighted by Crippen LogP contribution is 2.05. The van der Waals surface area contributed by atoms with E-state index in [9.17, 15) is 0 Å². The molecule has 0 aromatic carbocycles. The minimum atomic E-state index is 0.449. The highest BCUT2D eigenvalue weighted by molar-refractivity contribution is 5.04. The van der Waals surface area contributed by atoms with Crippen molar-refractivity contribution in [3.63, 3.8) is 0 Å². The molecule has 0 radical (unpaired) electrons. The van der Waals surface area contributed by atoms with Gasteiger partial charge in [0, 0.05) is 25.9 Å². The number of nitrogens with one attached hydrogen (secondary N) is 1. The van der Waals surface area contributed by atoms with Crippen LogP contribution in [0, 0.1) is 0 Å². The molecule has 98 valence electrons. The Morgan fingerprint density at radius 2 is 2.29 bits per heavy atom. The fraction of sp³-hybridized carbons (Fsp3) is 0.769.